The van der Waals surface area contributed by atoms with Crippen molar-refractivity contribution in [1.82, 2.24) is 15.2 Å². The molecule has 3 heterocycles. The summed E-state index contributed by atoms with van der Waals surface area (Å²) in [5.41, 5.74) is 3.85. The van der Waals surface area contributed by atoms with Gasteiger partial charge in [-0.1, -0.05) is 23.8 Å². The zero-order valence-corrected chi connectivity index (χ0v) is 23.4. The van der Waals surface area contributed by atoms with E-state index in [1.54, 1.807) is 7.11 Å². The van der Waals surface area contributed by atoms with Gasteiger partial charge in [0.2, 0.25) is 0 Å². The van der Waals surface area contributed by atoms with Crippen LogP contribution in [0.15, 0.2) is 48.0 Å². The van der Waals surface area contributed by atoms with E-state index in [-0.39, 0.29) is 12.5 Å². The molecule has 7 heteroatoms. The first kappa shape index (κ1) is 27.7. The molecular formula is C32H44N4O3. The van der Waals surface area contributed by atoms with E-state index < -0.39 is 0 Å². The first-order chi connectivity index (χ1) is 19.2. The van der Waals surface area contributed by atoms with Crippen LogP contribution in [0.4, 0.5) is 5.82 Å². The molecule has 1 aliphatic carbocycles. The molecule has 2 aliphatic heterocycles. The molecule has 0 bridgehead atoms. The summed E-state index contributed by atoms with van der Waals surface area (Å²) in [5, 5.41) is 12.9. The summed E-state index contributed by atoms with van der Waals surface area (Å²) in [6.45, 7) is 4.77. The van der Waals surface area contributed by atoms with Crippen molar-refractivity contribution in [2.45, 2.75) is 63.8 Å². The number of pyridine rings is 1. The highest BCUT2D eigenvalue weighted by Crippen LogP contribution is 2.33. The summed E-state index contributed by atoms with van der Waals surface area (Å²) in [7, 11) is 1.68. The van der Waals surface area contributed by atoms with Crippen LogP contribution in [0.1, 0.15) is 68.1 Å². The number of rotatable bonds is 9. The summed E-state index contributed by atoms with van der Waals surface area (Å²) in [5.74, 6) is 1.88. The quantitative estimate of drug-likeness (QED) is 0.440. The van der Waals surface area contributed by atoms with Crippen LogP contribution >= 0.6 is 0 Å². The number of anilines is 1. The molecule has 2 fully saturated rings. The smallest absolute Gasteiger partial charge is 0.255 e. The summed E-state index contributed by atoms with van der Waals surface area (Å²) < 4.78 is 5.61. The number of nitrogens with one attached hydrogen (secondary N) is 1. The van der Waals surface area contributed by atoms with Crippen LogP contribution in [0, 0.1) is 5.92 Å². The highest BCUT2D eigenvalue weighted by molar-refractivity contribution is 5.99. The van der Waals surface area contributed by atoms with Crippen LogP contribution in [0.3, 0.4) is 0 Å². The summed E-state index contributed by atoms with van der Waals surface area (Å²) in [4.78, 5) is 23.4. The molecule has 0 radical (unpaired) electrons. The van der Waals surface area contributed by atoms with Gasteiger partial charge in [-0.2, -0.15) is 0 Å². The van der Waals surface area contributed by atoms with E-state index in [9.17, 15) is 9.90 Å². The van der Waals surface area contributed by atoms with Crippen molar-refractivity contribution in [2.24, 2.45) is 5.92 Å². The van der Waals surface area contributed by atoms with Crippen LogP contribution in [-0.4, -0.2) is 73.4 Å². The number of aromatic nitrogens is 1. The molecule has 0 saturated carbocycles. The Morgan fingerprint density at radius 3 is 2.69 bits per heavy atom. The number of hydrogen-bond acceptors (Lipinski definition) is 6. The van der Waals surface area contributed by atoms with Gasteiger partial charge in [-0.15, -0.1) is 0 Å². The number of aliphatic hydroxyl groups excluding tert-OH is 1. The van der Waals surface area contributed by atoms with Gasteiger partial charge in [0.25, 0.3) is 5.91 Å². The van der Waals surface area contributed by atoms with E-state index in [2.05, 4.69) is 21.2 Å². The molecule has 0 spiro atoms. The Morgan fingerprint density at radius 2 is 1.92 bits per heavy atom. The maximum Gasteiger partial charge on any atom is 0.255 e. The van der Waals surface area contributed by atoms with Gasteiger partial charge in [0.15, 0.2) is 0 Å². The van der Waals surface area contributed by atoms with Crippen LogP contribution in [0.25, 0.3) is 11.3 Å². The predicted octanol–water partition coefficient (Wildman–Crippen LogP) is 5.05. The lowest BCUT2D eigenvalue weighted by atomic mass is 9.94. The number of ether oxygens (including phenoxy) is 1. The molecule has 210 valence electrons. The highest BCUT2D eigenvalue weighted by atomic mass is 16.5. The van der Waals surface area contributed by atoms with E-state index in [1.807, 2.05) is 36.4 Å². The van der Waals surface area contributed by atoms with Crippen molar-refractivity contribution < 1.29 is 14.6 Å². The number of benzene rings is 1. The molecule has 2 saturated heterocycles. The summed E-state index contributed by atoms with van der Waals surface area (Å²) in [6, 6.07) is 12.3. The van der Waals surface area contributed by atoms with Crippen molar-refractivity contribution in [2.75, 3.05) is 51.3 Å². The first-order valence-corrected chi connectivity index (χ1v) is 14.9. The van der Waals surface area contributed by atoms with Gasteiger partial charge in [0, 0.05) is 44.4 Å². The molecule has 1 aromatic heterocycles. The molecule has 0 unspecified atom stereocenters. The monoisotopic (exact) mass is 532 g/mol. The minimum absolute atomic E-state index is 0.0515. The zero-order valence-electron chi connectivity index (χ0n) is 23.4. The number of aliphatic hydroxyl groups is 1. The largest absolute Gasteiger partial charge is 0.496 e. The molecule has 2 aromatic rings. The fourth-order valence-corrected chi connectivity index (χ4v) is 6.46. The van der Waals surface area contributed by atoms with Crippen molar-refractivity contribution in [1.29, 1.82) is 0 Å². The average Bonchev–Trinajstić information content (AvgIpc) is 3.01. The highest BCUT2D eigenvalue weighted by Gasteiger charge is 2.30. The van der Waals surface area contributed by atoms with Crippen LogP contribution in [-0.2, 0) is 0 Å². The SMILES string of the molecule is COc1ccccc1-c1ccc(C(=O)NCCC2=CCCCC2)c(N2CCC(N3CCC[C@@H](CO)C3)CC2)n1. The van der Waals surface area contributed by atoms with Crippen LogP contribution in [0.2, 0.25) is 0 Å². The van der Waals surface area contributed by atoms with Gasteiger partial charge >= 0.3 is 0 Å². The predicted molar refractivity (Wildman–Crippen MR) is 156 cm³/mol. The standard InChI is InChI=1S/C32H44N4O3/c1-39-30-12-6-5-11-27(30)29-14-13-28(32(38)33-18-15-24-8-3-2-4-9-24)31(34-29)35-20-16-26(17-21-35)36-19-7-10-25(22-36)23-37/h5-6,8,11-14,25-26,37H,2-4,7,9-10,15-23H2,1H3,(H,33,38)/t25-/m1/s1. The minimum atomic E-state index is -0.0515. The zero-order chi connectivity index (χ0) is 27.0. The number of para-hydroxylation sites is 1. The number of amides is 1. The number of allylic oxidation sites excluding steroid dienone is 1. The van der Waals surface area contributed by atoms with Crippen LogP contribution in [0.5, 0.6) is 5.75 Å². The lowest BCUT2D eigenvalue weighted by Gasteiger charge is -2.42. The van der Waals surface area contributed by atoms with Crippen molar-refractivity contribution in [3.63, 3.8) is 0 Å². The molecular weight excluding hydrogens is 488 g/mol. The van der Waals surface area contributed by atoms with E-state index in [4.69, 9.17) is 9.72 Å². The third-order valence-electron chi connectivity index (χ3n) is 8.71. The normalized spacial score (nSPS) is 20.9. The van der Waals surface area contributed by atoms with Gasteiger partial charge in [-0.3, -0.25) is 9.69 Å². The number of hydrogen-bond donors (Lipinski definition) is 2. The topological polar surface area (TPSA) is 77.9 Å². The van der Waals surface area contributed by atoms with Gasteiger partial charge in [0.1, 0.15) is 11.6 Å². The average molecular weight is 533 g/mol. The summed E-state index contributed by atoms with van der Waals surface area (Å²) in [6.07, 6.45) is 12.5. The Morgan fingerprint density at radius 1 is 1.08 bits per heavy atom. The third kappa shape index (κ3) is 6.82. The van der Waals surface area contributed by atoms with E-state index in [1.165, 1.54) is 18.4 Å². The van der Waals surface area contributed by atoms with E-state index in [0.717, 1.165) is 93.9 Å². The molecule has 7 nitrogen and oxygen atoms in total. The Hall–Kier alpha value is -2.90. The molecule has 3 aliphatic rings. The molecule has 1 atom stereocenters. The number of likely N-dealkylation sites (tertiary alicyclic amines) is 1. The second kappa shape index (κ2) is 13.4. The van der Waals surface area contributed by atoms with Crippen molar-refractivity contribution in [3.8, 4) is 17.0 Å². The Kier molecular flexibility index (Phi) is 9.53. The fourth-order valence-electron chi connectivity index (χ4n) is 6.46. The molecule has 39 heavy (non-hydrogen) atoms. The van der Waals surface area contributed by atoms with Gasteiger partial charge < -0.3 is 20.1 Å². The maximum atomic E-state index is 13.4. The van der Waals surface area contributed by atoms with Crippen molar-refractivity contribution in [3.05, 3.63) is 53.6 Å². The third-order valence-corrected chi connectivity index (χ3v) is 8.71. The van der Waals surface area contributed by atoms with Gasteiger partial charge in [-0.05, 0) is 94.5 Å². The molecule has 1 aromatic carbocycles. The lowest BCUT2D eigenvalue weighted by molar-refractivity contribution is 0.0777. The fraction of sp³-hybridized carbons (Fsp3) is 0.562. The van der Waals surface area contributed by atoms with Gasteiger partial charge in [0.05, 0.1) is 18.4 Å². The lowest BCUT2D eigenvalue weighted by Crippen LogP contribution is -2.49. The van der Waals surface area contributed by atoms with Crippen LogP contribution < -0.4 is 15.0 Å². The number of piperidine rings is 2. The second-order valence-corrected chi connectivity index (χ2v) is 11.3. The Balaban J connectivity index is 1.33. The Labute approximate surface area is 233 Å². The Bertz CT molecular complexity index is 1140. The second-order valence-electron chi connectivity index (χ2n) is 11.3. The number of carbonyl (C=O) groups is 1. The minimum Gasteiger partial charge on any atom is -0.496 e. The molecule has 1 amide bonds. The number of nitrogens with zero attached hydrogens (tertiary/aromatic N) is 3. The summed E-state index contributed by atoms with van der Waals surface area (Å²) >= 11 is 0. The first-order valence-electron chi connectivity index (χ1n) is 14.9. The molecule has 2 N–H and O–H groups in total. The van der Waals surface area contributed by atoms with E-state index >= 15 is 0 Å². The van der Waals surface area contributed by atoms with Gasteiger partial charge in [-0.25, -0.2) is 4.98 Å². The van der Waals surface area contributed by atoms with E-state index in [0.29, 0.717) is 24.1 Å². The molecule has 5 rings (SSSR count). The number of carbonyl (C=O) groups excluding carboxylic acids is 1. The number of methoxy groups -OCH3 is 1. The maximum absolute atomic E-state index is 13.4. The van der Waals surface area contributed by atoms with Crippen molar-refractivity contribution >= 4 is 11.7 Å².